The van der Waals surface area contributed by atoms with E-state index >= 15 is 0 Å². The second-order valence-electron chi connectivity index (χ2n) is 4.44. The first-order chi connectivity index (χ1) is 7.50. The average molecular weight is 283 g/mol. The van der Waals surface area contributed by atoms with Crippen LogP contribution in [0.1, 0.15) is 31.3 Å². The highest BCUT2D eigenvalue weighted by molar-refractivity contribution is 9.10. The summed E-state index contributed by atoms with van der Waals surface area (Å²) in [5, 5.41) is 11.0. The summed E-state index contributed by atoms with van der Waals surface area (Å²) in [6.45, 7) is 5.95. The van der Waals surface area contributed by atoms with E-state index in [0.29, 0.717) is 5.76 Å². The molecule has 0 aliphatic heterocycles. The molecule has 2 aromatic rings. The molecule has 0 bridgehead atoms. The number of hydrogen-bond donors (Lipinski definition) is 1. The largest absolute Gasteiger partial charge is 0.458 e. The summed E-state index contributed by atoms with van der Waals surface area (Å²) >= 11 is 3.49. The number of halogens is 1. The SMILES string of the molecule is Cc1ccc(Br)c2cc(C(O)C(C)C)oc12. The summed E-state index contributed by atoms with van der Waals surface area (Å²) in [5.74, 6) is 0.791. The van der Waals surface area contributed by atoms with Crippen LogP contribution in [0.4, 0.5) is 0 Å². The molecule has 0 spiro atoms. The Bertz CT molecular complexity index is 475. The van der Waals surface area contributed by atoms with Gasteiger partial charge in [-0.1, -0.05) is 35.8 Å². The predicted octanol–water partition coefficient (Wildman–Crippen LogP) is 4.19. The Morgan fingerprint density at radius 1 is 1.31 bits per heavy atom. The average Bonchev–Trinajstić information content (AvgIpc) is 2.68. The zero-order valence-corrected chi connectivity index (χ0v) is 11.2. The maximum absolute atomic E-state index is 9.97. The van der Waals surface area contributed by atoms with E-state index in [0.717, 1.165) is 21.0 Å². The van der Waals surface area contributed by atoms with E-state index in [1.165, 1.54) is 0 Å². The minimum Gasteiger partial charge on any atom is -0.458 e. The number of benzene rings is 1. The van der Waals surface area contributed by atoms with E-state index < -0.39 is 6.10 Å². The second-order valence-corrected chi connectivity index (χ2v) is 5.30. The second kappa shape index (κ2) is 4.22. The molecule has 0 amide bonds. The van der Waals surface area contributed by atoms with Gasteiger partial charge in [-0.3, -0.25) is 0 Å². The smallest absolute Gasteiger partial charge is 0.138 e. The molecular weight excluding hydrogens is 268 g/mol. The molecule has 0 fully saturated rings. The van der Waals surface area contributed by atoms with Crippen LogP contribution < -0.4 is 0 Å². The van der Waals surface area contributed by atoms with E-state index in [4.69, 9.17) is 4.42 Å². The lowest BCUT2D eigenvalue weighted by Crippen LogP contribution is -2.03. The lowest BCUT2D eigenvalue weighted by atomic mass is 10.1. The van der Waals surface area contributed by atoms with Crippen molar-refractivity contribution in [2.45, 2.75) is 26.9 Å². The van der Waals surface area contributed by atoms with Crippen molar-refractivity contribution in [1.29, 1.82) is 0 Å². The zero-order chi connectivity index (χ0) is 11.9. The molecule has 1 heterocycles. The maximum Gasteiger partial charge on any atom is 0.138 e. The minimum atomic E-state index is -0.543. The van der Waals surface area contributed by atoms with Crippen LogP contribution in [0.15, 0.2) is 27.1 Å². The van der Waals surface area contributed by atoms with Crippen LogP contribution in [0.25, 0.3) is 11.0 Å². The Balaban J connectivity index is 2.60. The van der Waals surface area contributed by atoms with Crippen LogP contribution in [0.3, 0.4) is 0 Å². The van der Waals surface area contributed by atoms with Crippen molar-refractivity contribution < 1.29 is 9.52 Å². The van der Waals surface area contributed by atoms with Gasteiger partial charge in [0.25, 0.3) is 0 Å². The fourth-order valence-corrected chi connectivity index (χ4v) is 2.15. The molecule has 16 heavy (non-hydrogen) atoms. The monoisotopic (exact) mass is 282 g/mol. The summed E-state index contributed by atoms with van der Waals surface area (Å²) in [7, 11) is 0. The summed E-state index contributed by atoms with van der Waals surface area (Å²) < 4.78 is 6.72. The molecule has 1 N–H and O–H groups in total. The van der Waals surface area contributed by atoms with Gasteiger partial charge >= 0.3 is 0 Å². The molecule has 0 saturated carbocycles. The number of aliphatic hydroxyl groups excluding tert-OH is 1. The van der Waals surface area contributed by atoms with Gasteiger partial charge in [0.2, 0.25) is 0 Å². The molecule has 86 valence electrons. The third-order valence-electron chi connectivity index (χ3n) is 2.77. The van der Waals surface area contributed by atoms with Crippen molar-refractivity contribution in [3.05, 3.63) is 34.0 Å². The Labute approximate surface area is 103 Å². The highest BCUT2D eigenvalue weighted by atomic mass is 79.9. The van der Waals surface area contributed by atoms with Crippen LogP contribution in [0.5, 0.6) is 0 Å². The molecule has 1 aromatic heterocycles. The fourth-order valence-electron chi connectivity index (χ4n) is 1.72. The molecule has 0 saturated heterocycles. The van der Waals surface area contributed by atoms with Crippen LogP contribution >= 0.6 is 15.9 Å². The van der Waals surface area contributed by atoms with Gasteiger partial charge in [0, 0.05) is 9.86 Å². The van der Waals surface area contributed by atoms with E-state index in [1.807, 2.05) is 39.0 Å². The molecule has 0 aliphatic rings. The molecule has 0 aliphatic carbocycles. The lowest BCUT2D eigenvalue weighted by Gasteiger charge is -2.10. The van der Waals surface area contributed by atoms with E-state index in [1.54, 1.807) is 0 Å². The van der Waals surface area contributed by atoms with Crippen LogP contribution in [-0.4, -0.2) is 5.11 Å². The van der Waals surface area contributed by atoms with Crippen molar-refractivity contribution in [2.75, 3.05) is 0 Å². The molecular formula is C13H15BrO2. The van der Waals surface area contributed by atoms with Gasteiger partial charge in [0.1, 0.15) is 17.4 Å². The van der Waals surface area contributed by atoms with Gasteiger partial charge in [-0.15, -0.1) is 0 Å². The molecule has 2 rings (SSSR count). The molecule has 1 unspecified atom stereocenters. The Morgan fingerprint density at radius 3 is 2.56 bits per heavy atom. The summed E-state index contributed by atoms with van der Waals surface area (Å²) in [6.07, 6.45) is -0.543. The van der Waals surface area contributed by atoms with Crippen LogP contribution in [0, 0.1) is 12.8 Å². The van der Waals surface area contributed by atoms with Crippen molar-refractivity contribution in [1.82, 2.24) is 0 Å². The number of aliphatic hydroxyl groups is 1. The van der Waals surface area contributed by atoms with Gasteiger partial charge in [-0.05, 0) is 30.5 Å². The topological polar surface area (TPSA) is 33.4 Å². The molecule has 2 nitrogen and oxygen atoms in total. The number of fused-ring (bicyclic) bond motifs is 1. The molecule has 1 atom stereocenters. The normalized spacial score (nSPS) is 13.6. The standard InChI is InChI=1S/C13H15BrO2/c1-7(2)12(15)11-6-9-10(14)5-4-8(3)13(9)16-11/h4-7,12,15H,1-3H3. The summed E-state index contributed by atoms with van der Waals surface area (Å²) in [6, 6.07) is 5.91. The maximum atomic E-state index is 9.97. The first-order valence-electron chi connectivity index (χ1n) is 5.37. The number of furan rings is 1. The predicted molar refractivity (Wildman–Crippen MR) is 68.4 cm³/mol. The van der Waals surface area contributed by atoms with Crippen LogP contribution in [-0.2, 0) is 0 Å². The Morgan fingerprint density at radius 2 is 2.00 bits per heavy atom. The fraction of sp³-hybridized carbons (Fsp3) is 0.385. The van der Waals surface area contributed by atoms with Gasteiger partial charge in [0.05, 0.1) is 0 Å². The Hall–Kier alpha value is -0.800. The van der Waals surface area contributed by atoms with E-state index in [9.17, 15) is 5.11 Å². The third kappa shape index (κ3) is 1.89. The summed E-state index contributed by atoms with van der Waals surface area (Å²) in [5.41, 5.74) is 1.93. The van der Waals surface area contributed by atoms with Crippen molar-refractivity contribution in [2.24, 2.45) is 5.92 Å². The molecule has 0 radical (unpaired) electrons. The molecule has 3 heteroatoms. The molecule has 1 aromatic carbocycles. The van der Waals surface area contributed by atoms with Crippen molar-refractivity contribution in [3.63, 3.8) is 0 Å². The lowest BCUT2D eigenvalue weighted by molar-refractivity contribution is 0.104. The van der Waals surface area contributed by atoms with Gasteiger partial charge < -0.3 is 9.52 Å². The van der Waals surface area contributed by atoms with Gasteiger partial charge in [-0.2, -0.15) is 0 Å². The van der Waals surface area contributed by atoms with E-state index in [2.05, 4.69) is 15.9 Å². The minimum absolute atomic E-state index is 0.152. The van der Waals surface area contributed by atoms with Crippen molar-refractivity contribution in [3.8, 4) is 0 Å². The summed E-state index contributed by atoms with van der Waals surface area (Å²) in [4.78, 5) is 0. The van der Waals surface area contributed by atoms with Crippen molar-refractivity contribution >= 4 is 26.9 Å². The number of aryl methyl sites for hydroxylation is 1. The third-order valence-corrected chi connectivity index (χ3v) is 3.46. The quantitative estimate of drug-likeness (QED) is 0.896. The first-order valence-corrected chi connectivity index (χ1v) is 6.16. The van der Waals surface area contributed by atoms with Gasteiger partial charge in [0.15, 0.2) is 0 Å². The first kappa shape index (κ1) is 11.7. The van der Waals surface area contributed by atoms with Gasteiger partial charge in [-0.25, -0.2) is 0 Å². The number of rotatable bonds is 2. The highest BCUT2D eigenvalue weighted by Crippen LogP contribution is 2.33. The zero-order valence-electron chi connectivity index (χ0n) is 9.62. The van der Waals surface area contributed by atoms with Crippen LogP contribution in [0.2, 0.25) is 0 Å². The highest BCUT2D eigenvalue weighted by Gasteiger charge is 2.18. The number of hydrogen-bond acceptors (Lipinski definition) is 2. The Kier molecular flexibility index (Phi) is 3.08. The van der Waals surface area contributed by atoms with E-state index in [-0.39, 0.29) is 5.92 Å².